The Kier molecular flexibility index (Phi) is 4.67. The summed E-state index contributed by atoms with van der Waals surface area (Å²) in [4.78, 5) is 25.1. The number of ether oxygens (including phenoxy) is 1. The lowest BCUT2D eigenvalue weighted by Gasteiger charge is -2.08. The highest BCUT2D eigenvalue weighted by molar-refractivity contribution is 6.29. The fourth-order valence-corrected chi connectivity index (χ4v) is 3.05. The number of amides is 1. The molecule has 4 aromatic rings. The second-order valence-corrected chi connectivity index (χ2v) is 6.37. The Balaban J connectivity index is 1.98. The Labute approximate surface area is 166 Å². The van der Waals surface area contributed by atoms with Gasteiger partial charge in [0.05, 0.1) is 24.7 Å². The summed E-state index contributed by atoms with van der Waals surface area (Å²) in [7, 11) is 3.19. The van der Waals surface area contributed by atoms with Crippen molar-refractivity contribution < 1.29 is 9.53 Å². The van der Waals surface area contributed by atoms with Crippen molar-refractivity contribution in [1.82, 2.24) is 24.7 Å². The van der Waals surface area contributed by atoms with E-state index >= 15 is 0 Å². The van der Waals surface area contributed by atoms with Crippen LogP contribution in [0, 0.1) is 0 Å². The molecule has 1 amide bonds. The first kappa shape index (κ1) is 17.9. The number of imidazole rings is 1. The van der Waals surface area contributed by atoms with Gasteiger partial charge in [0.2, 0.25) is 0 Å². The summed E-state index contributed by atoms with van der Waals surface area (Å²) in [6.07, 6.45) is 4.92. The Morgan fingerprint density at radius 2 is 1.82 bits per heavy atom. The fourth-order valence-electron chi connectivity index (χ4n) is 2.94. The van der Waals surface area contributed by atoms with Crippen molar-refractivity contribution in [2.24, 2.45) is 0 Å². The Bertz CT molecular complexity index is 1150. The SMILES string of the molecule is CNC(=O)c1cn2c(-c3ccc(OC)cc3)c(-c3ccc(Cl)nc3)nc2cn1. The van der Waals surface area contributed by atoms with E-state index in [9.17, 15) is 4.79 Å². The van der Waals surface area contributed by atoms with Gasteiger partial charge in [0.1, 0.15) is 16.6 Å². The van der Waals surface area contributed by atoms with Crippen molar-refractivity contribution in [3.63, 3.8) is 0 Å². The van der Waals surface area contributed by atoms with Crippen molar-refractivity contribution in [2.45, 2.75) is 0 Å². The zero-order chi connectivity index (χ0) is 19.7. The fraction of sp³-hybridized carbons (Fsp3) is 0.100. The van der Waals surface area contributed by atoms with Crippen LogP contribution in [-0.4, -0.2) is 39.4 Å². The lowest BCUT2D eigenvalue weighted by molar-refractivity contribution is 0.0957. The highest BCUT2D eigenvalue weighted by atomic mass is 35.5. The van der Waals surface area contributed by atoms with Crippen LogP contribution in [0.3, 0.4) is 0 Å². The number of halogens is 1. The van der Waals surface area contributed by atoms with Gasteiger partial charge in [0.25, 0.3) is 5.91 Å². The quantitative estimate of drug-likeness (QED) is 0.537. The maximum absolute atomic E-state index is 12.1. The molecule has 0 fully saturated rings. The van der Waals surface area contributed by atoms with Gasteiger partial charge in [-0.3, -0.25) is 9.20 Å². The predicted octanol–water partition coefficient (Wildman–Crippen LogP) is 3.48. The van der Waals surface area contributed by atoms with E-state index in [1.807, 2.05) is 34.7 Å². The van der Waals surface area contributed by atoms with Crippen LogP contribution < -0.4 is 10.1 Å². The molecule has 0 atom stereocenters. The number of methoxy groups -OCH3 is 1. The summed E-state index contributed by atoms with van der Waals surface area (Å²) in [6.45, 7) is 0. The summed E-state index contributed by atoms with van der Waals surface area (Å²) in [5, 5.41) is 2.99. The molecule has 8 heteroatoms. The number of rotatable bonds is 4. The van der Waals surface area contributed by atoms with Crippen molar-refractivity contribution in [3.05, 3.63) is 65.8 Å². The summed E-state index contributed by atoms with van der Waals surface area (Å²) < 4.78 is 7.11. The molecule has 4 rings (SSSR count). The van der Waals surface area contributed by atoms with Crippen molar-refractivity contribution in [2.75, 3.05) is 14.2 Å². The first-order chi connectivity index (χ1) is 13.6. The maximum Gasteiger partial charge on any atom is 0.271 e. The minimum absolute atomic E-state index is 0.272. The van der Waals surface area contributed by atoms with Gasteiger partial charge >= 0.3 is 0 Å². The van der Waals surface area contributed by atoms with Gasteiger partial charge < -0.3 is 10.1 Å². The molecular formula is C20H16ClN5O2. The molecule has 0 saturated carbocycles. The molecule has 0 bridgehead atoms. The number of hydrogen-bond donors (Lipinski definition) is 1. The molecule has 0 spiro atoms. The molecule has 0 unspecified atom stereocenters. The Morgan fingerprint density at radius 1 is 1.07 bits per heavy atom. The molecule has 0 radical (unpaired) electrons. The summed E-state index contributed by atoms with van der Waals surface area (Å²) in [5.74, 6) is 0.478. The third kappa shape index (κ3) is 3.16. The molecule has 0 saturated heterocycles. The molecular weight excluding hydrogens is 378 g/mol. The number of pyridine rings is 1. The van der Waals surface area contributed by atoms with Crippen LogP contribution in [0.5, 0.6) is 5.75 Å². The number of benzene rings is 1. The van der Waals surface area contributed by atoms with E-state index in [0.717, 1.165) is 22.6 Å². The zero-order valence-corrected chi connectivity index (χ0v) is 15.9. The normalized spacial score (nSPS) is 10.8. The van der Waals surface area contributed by atoms with Crippen molar-refractivity contribution in [1.29, 1.82) is 0 Å². The second-order valence-electron chi connectivity index (χ2n) is 5.99. The number of aromatic nitrogens is 4. The summed E-state index contributed by atoms with van der Waals surface area (Å²) in [6, 6.07) is 11.2. The Hall–Kier alpha value is -3.45. The van der Waals surface area contributed by atoms with E-state index in [4.69, 9.17) is 21.3 Å². The van der Waals surface area contributed by atoms with Crippen LogP contribution >= 0.6 is 11.6 Å². The van der Waals surface area contributed by atoms with Gasteiger partial charge in [0, 0.05) is 30.6 Å². The van der Waals surface area contributed by atoms with Gasteiger partial charge in [-0.25, -0.2) is 15.0 Å². The van der Waals surface area contributed by atoms with Crippen LogP contribution in [0.15, 0.2) is 55.0 Å². The topological polar surface area (TPSA) is 81.4 Å². The minimum Gasteiger partial charge on any atom is -0.497 e. The van der Waals surface area contributed by atoms with Crippen LogP contribution in [0.1, 0.15) is 10.5 Å². The molecule has 7 nitrogen and oxygen atoms in total. The first-order valence-corrected chi connectivity index (χ1v) is 8.85. The summed E-state index contributed by atoms with van der Waals surface area (Å²) >= 11 is 5.93. The molecule has 0 aliphatic rings. The lowest BCUT2D eigenvalue weighted by Crippen LogP contribution is -2.19. The van der Waals surface area contributed by atoms with E-state index < -0.39 is 0 Å². The van der Waals surface area contributed by atoms with Crippen LogP contribution in [0.2, 0.25) is 5.15 Å². The summed E-state index contributed by atoms with van der Waals surface area (Å²) in [5.41, 5.74) is 4.15. The number of carbonyl (C=O) groups is 1. The van der Waals surface area contributed by atoms with E-state index in [1.54, 1.807) is 38.8 Å². The van der Waals surface area contributed by atoms with E-state index in [2.05, 4.69) is 15.3 Å². The minimum atomic E-state index is -0.272. The molecule has 140 valence electrons. The molecule has 1 aromatic carbocycles. The number of nitrogens with zero attached hydrogens (tertiary/aromatic N) is 4. The third-order valence-electron chi connectivity index (χ3n) is 4.33. The number of hydrogen-bond acceptors (Lipinski definition) is 5. The monoisotopic (exact) mass is 393 g/mol. The molecule has 28 heavy (non-hydrogen) atoms. The van der Waals surface area contributed by atoms with Crippen molar-refractivity contribution in [3.8, 4) is 28.3 Å². The van der Waals surface area contributed by atoms with Gasteiger partial charge in [-0.15, -0.1) is 0 Å². The van der Waals surface area contributed by atoms with Gasteiger partial charge in [-0.1, -0.05) is 11.6 Å². The second kappa shape index (κ2) is 7.28. The van der Waals surface area contributed by atoms with Gasteiger partial charge in [-0.2, -0.15) is 0 Å². The smallest absolute Gasteiger partial charge is 0.271 e. The molecule has 3 aromatic heterocycles. The van der Waals surface area contributed by atoms with E-state index in [1.165, 1.54) is 0 Å². The first-order valence-electron chi connectivity index (χ1n) is 8.47. The molecule has 3 heterocycles. The van der Waals surface area contributed by atoms with Crippen molar-refractivity contribution >= 4 is 23.2 Å². The highest BCUT2D eigenvalue weighted by Gasteiger charge is 2.18. The van der Waals surface area contributed by atoms with Crippen LogP contribution in [0.25, 0.3) is 28.2 Å². The van der Waals surface area contributed by atoms with E-state index in [0.29, 0.717) is 22.2 Å². The standard InChI is InChI=1S/C20H16ClN5O2/c1-22-20(27)15-11-26-17(10-23-15)25-18(13-5-8-16(21)24-9-13)19(26)12-3-6-14(28-2)7-4-12/h3-11H,1-2H3,(H,22,27). The van der Waals surface area contributed by atoms with Crippen LogP contribution in [0.4, 0.5) is 0 Å². The third-order valence-corrected chi connectivity index (χ3v) is 4.56. The number of fused-ring (bicyclic) bond motifs is 1. The number of nitrogens with one attached hydrogen (secondary N) is 1. The zero-order valence-electron chi connectivity index (χ0n) is 15.2. The average Bonchev–Trinajstić information content (AvgIpc) is 3.12. The Morgan fingerprint density at radius 3 is 2.46 bits per heavy atom. The van der Waals surface area contributed by atoms with Gasteiger partial charge in [-0.05, 0) is 36.4 Å². The average molecular weight is 394 g/mol. The van der Waals surface area contributed by atoms with Gasteiger partial charge in [0.15, 0.2) is 5.65 Å². The van der Waals surface area contributed by atoms with E-state index in [-0.39, 0.29) is 5.91 Å². The largest absolute Gasteiger partial charge is 0.497 e. The molecule has 0 aliphatic carbocycles. The maximum atomic E-state index is 12.1. The highest BCUT2D eigenvalue weighted by Crippen LogP contribution is 2.33. The number of carbonyl (C=O) groups excluding carboxylic acids is 1. The lowest BCUT2D eigenvalue weighted by atomic mass is 10.1. The molecule has 1 N–H and O–H groups in total. The molecule has 0 aliphatic heterocycles. The van der Waals surface area contributed by atoms with Crippen LogP contribution in [-0.2, 0) is 0 Å². The predicted molar refractivity (Wildman–Crippen MR) is 107 cm³/mol.